The van der Waals surface area contributed by atoms with E-state index in [2.05, 4.69) is 15.3 Å². The van der Waals surface area contributed by atoms with E-state index < -0.39 is 0 Å². The van der Waals surface area contributed by atoms with Gasteiger partial charge in [-0.2, -0.15) is 0 Å². The fourth-order valence-electron chi connectivity index (χ4n) is 4.75. The first-order chi connectivity index (χ1) is 14.5. The van der Waals surface area contributed by atoms with E-state index in [1.54, 1.807) is 18.2 Å². The summed E-state index contributed by atoms with van der Waals surface area (Å²) in [7, 11) is 0. The van der Waals surface area contributed by atoms with Gasteiger partial charge in [0.25, 0.3) is 11.8 Å². The maximum absolute atomic E-state index is 13.3. The Labute approximate surface area is 185 Å². The van der Waals surface area contributed by atoms with E-state index in [9.17, 15) is 9.59 Å². The fraction of sp³-hybridized carbons (Fsp3) is 0.455. The van der Waals surface area contributed by atoms with Gasteiger partial charge in [-0.25, -0.2) is 9.97 Å². The molecule has 1 aliphatic heterocycles. The molecule has 6 nitrogen and oxygen atoms in total. The van der Waals surface area contributed by atoms with E-state index in [0.29, 0.717) is 33.9 Å². The van der Waals surface area contributed by atoms with Gasteiger partial charge >= 0.3 is 0 Å². The lowest BCUT2D eigenvalue weighted by Crippen LogP contribution is -2.42. The smallest absolute Gasteiger partial charge is 0.254 e. The summed E-state index contributed by atoms with van der Waals surface area (Å²) in [6.45, 7) is 0.643. The van der Waals surface area contributed by atoms with E-state index in [1.807, 2.05) is 11.0 Å². The number of likely N-dealkylation sites (tertiary alicyclic amines) is 1. The molecule has 0 spiro atoms. The number of pyridine rings is 2. The molecule has 3 heterocycles. The largest absolute Gasteiger partial charge is 0.349 e. The Balaban J connectivity index is 1.28. The molecule has 2 saturated carbocycles. The number of carbonyl (C=O) groups is 2. The number of hydrogen-bond donors (Lipinski definition) is 1. The molecule has 3 atom stereocenters. The van der Waals surface area contributed by atoms with Gasteiger partial charge in [0.05, 0.1) is 0 Å². The van der Waals surface area contributed by atoms with Crippen LogP contribution in [0, 0.1) is 5.92 Å². The van der Waals surface area contributed by atoms with Crippen LogP contribution in [0.15, 0.2) is 30.5 Å². The minimum absolute atomic E-state index is 0.0154. The molecule has 3 unspecified atom stereocenters. The SMILES string of the molecule is O=C(NC1CCC2CC1CN2C(=O)c1cc(Cl)nc(C2CC2)c1)c1ccnc(Cl)c1. The Hall–Kier alpha value is -2.18. The normalized spacial score (nSPS) is 25.3. The Bertz CT molecular complexity index is 1010. The molecule has 2 aromatic rings. The highest BCUT2D eigenvalue weighted by molar-refractivity contribution is 6.30. The van der Waals surface area contributed by atoms with Crippen LogP contribution >= 0.6 is 23.2 Å². The first-order valence-corrected chi connectivity index (χ1v) is 11.1. The van der Waals surface area contributed by atoms with Gasteiger partial charge in [0.2, 0.25) is 0 Å². The van der Waals surface area contributed by atoms with Gasteiger partial charge in [0.15, 0.2) is 0 Å². The van der Waals surface area contributed by atoms with E-state index in [0.717, 1.165) is 37.8 Å². The van der Waals surface area contributed by atoms with Crippen molar-refractivity contribution < 1.29 is 9.59 Å². The molecule has 3 fully saturated rings. The summed E-state index contributed by atoms with van der Waals surface area (Å²) in [5, 5.41) is 3.81. The third kappa shape index (κ3) is 3.91. The van der Waals surface area contributed by atoms with Gasteiger partial charge in [0, 0.05) is 47.6 Å². The van der Waals surface area contributed by atoms with Crippen molar-refractivity contribution in [3.05, 3.63) is 57.6 Å². The zero-order valence-electron chi connectivity index (χ0n) is 16.4. The highest BCUT2D eigenvalue weighted by Crippen LogP contribution is 2.41. The first kappa shape index (κ1) is 19.8. The van der Waals surface area contributed by atoms with Crippen molar-refractivity contribution in [2.24, 2.45) is 5.92 Å². The number of nitrogens with one attached hydrogen (secondary N) is 1. The lowest BCUT2D eigenvalue weighted by atomic mass is 9.85. The predicted octanol–water partition coefficient (Wildman–Crippen LogP) is 4.08. The Morgan fingerprint density at radius 1 is 1.03 bits per heavy atom. The van der Waals surface area contributed by atoms with Gasteiger partial charge in [-0.15, -0.1) is 0 Å². The maximum atomic E-state index is 13.3. The van der Waals surface area contributed by atoms with Crippen LogP contribution in [0.3, 0.4) is 0 Å². The molecular formula is C22H22Cl2N4O2. The van der Waals surface area contributed by atoms with E-state index in [4.69, 9.17) is 23.2 Å². The number of hydrogen-bond acceptors (Lipinski definition) is 4. The van der Waals surface area contributed by atoms with E-state index >= 15 is 0 Å². The van der Waals surface area contributed by atoms with Crippen molar-refractivity contribution in [3.8, 4) is 0 Å². The summed E-state index contributed by atoms with van der Waals surface area (Å²) in [6.07, 6.45) is 6.38. The van der Waals surface area contributed by atoms with Crippen molar-refractivity contribution in [1.29, 1.82) is 0 Å². The zero-order valence-corrected chi connectivity index (χ0v) is 17.9. The maximum Gasteiger partial charge on any atom is 0.254 e. The van der Waals surface area contributed by atoms with Crippen LogP contribution in [0.1, 0.15) is 64.4 Å². The lowest BCUT2D eigenvalue weighted by molar-refractivity contribution is 0.0732. The molecule has 156 valence electrons. The van der Waals surface area contributed by atoms with E-state index in [1.165, 1.54) is 6.20 Å². The van der Waals surface area contributed by atoms with Gasteiger partial charge in [-0.3, -0.25) is 9.59 Å². The van der Waals surface area contributed by atoms with Crippen molar-refractivity contribution in [1.82, 2.24) is 20.2 Å². The highest BCUT2D eigenvalue weighted by atomic mass is 35.5. The summed E-state index contributed by atoms with van der Waals surface area (Å²) < 4.78 is 0. The highest BCUT2D eigenvalue weighted by Gasteiger charge is 2.43. The summed E-state index contributed by atoms with van der Waals surface area (Å²) in [6, 6.07) is 7.05. The average Bonchev–Trinajstić information content (AvgIpc) is 3.52. The number of fused-ring (bicyclic) bond motifs is 2. The second-order valence-corrected chi connectivity index (χ2v) is 9.28. The first-order valence-electron chi connectivity index (χ1n) is 10.4. The van der Waals surface area contributed by atoms with E-state index in [-0.39, 0.29) is 29.8 Å². The Morgan fingerprint density at radius 3 is 2.60 bits per heavy atom. The third-order valence-corrected chi connectivity index (χ3v) is 6.85. The van der Waals surface area contributed by atoms with Crippen LogP contribution in [0.5, 0.6) is 0 Å². The number of carbonyl (C=O) groups excluding carboxylic acids is 2. The van der Waals surface area contributed by atoms with Gasteiger partial charge in [0.1, 0.15) is 10.3 Å². The fourth-order valence-corrected chi connectivity index (χ4v) is 5.14. The number of aromatic nitrogens is 2. The molecule has 2 amide bonds. The minimum atomic E-state index is -0.150. The quantitative estimate of drug-likeness (QED) is 0.720. The molecule has 2 aromatic heterocycles. The Morgan fingerprint density at radius 2 is 1.83 bits per heavy atom. The third-order valence-electron chi connectivity index (χ3n) is 6.45. The summed E-state index contributed by atoms with van der Waals surface area (Å²) in [5.41, 5.74) is 2.05. The van der Waals surface area contributed by atoms with Crippen molar-refractivity contribution in [3.63, 3.8) is 0 Å². The summed E-state index contributed by atoms with van der Waals surface area (Å²) >= 11 is 12.1. The molecule has 5 rings (SSSR count). The molecule has 0 aromatic carbocycles. The van der Waals surface area contributed by atoms with Gasteiger partial charge in [-0.05, 0) is 62.3 Å². The second-order valence-electron chi connectivity index (χ2n) is 8.51. The summed E-state index contributed by atoms with van der Waals surface area (Å²) in [5.74, 6) is 0.549. The van der Waals surface area contributed by atoms with Crippen LogP contribution in [0.25, 0.3) is 0 Å². The van der Waals surface area contributed by atoms with Crippen molar-refractivity contribution in [2.45, 2.75) is 50.1 Å². The monoisotopic (exact) mass is 444 g/mol. The second kappa shape index (κ2) is 7.82. The standard InChI is InChI=1S/C22H22Cl2N4O2/c23-19-9-13(5-6-25-19)21(29)27-17-4-3-16-7-15(17)11-28(16)22(30)14-8-18(12-1-2-12)26-20(24)10-14/h5-6,8-10,12,15-17H,1-4,7,11H2,(H,27,29). The van der Waals surface area contributed by atoms with Crippen LogP contribution < -0.4 is 5.32 Å². The minimum Gasteiger partial charge on any atom is -0.349 e. The van der Waals surface area contributed by atoms with Crippen molar-refractivity contribution in [2.75, 3.05) is 6.54 Å². The molecular weight excluding hydrogens is 423 g/mol. The number of nitrogens with zero attached hydrogens (tertiary/aromatic N) is 3. The molecule has 8 heteroatoms. The average molecular weight is 445 g/mol. The molecule has 3 aliphatic rings. The molecule has 1 saturated heterocycles. The van der Waals surface area contributed by atoms with Crippen LogP contribution in [0.4, 0.5) is 0 Å². The zero-order chi connectivity index (χ0) is 20.8. The molecule has 2 aliphatic carbocycles. The van der Waals surface area contributed by atoms with Crippen LogP contribution in [-0.2, 0) is 0 Å². The molecule has 30 heavy (non-hydrogen) atoms. The molecule has 2 bridgehead atoms. The number of rotatable bonds is 4. The summed E-state index contributed by atoms with van der Waals surface area (Å²) in [4.78, 5) is 36.1. The molecule has 1 N–H and O–H groups in total. The van der Waals surface area contributed by atoms with Crippen LogP contribution in [0.2, 0.25) is 10.3 Å². The van der Waals surface area contributed by atoms with Crippen LogP contribution in [-0.4, -0.2) is 45.3 Å². The topological polar surface area (TPSA) is 75.2 Å². The molecule has 0 radical (unpaired) electrons. The number of halogens is 2. The van der Waals surface area contributed by atoms with Gasteiger partial charge < -0.3 is 10.2 Å². The van der Waals surface area contributed by atoms with Crippen molar-refractivity contribution >= 4 is 35.0 Å². The lowest BCUT2D eigenvalue weighted by Gasteiger charge is -2.29. The Kier molecular flexibility index (Phi) is 5.15. The number of amides is 2. The predicted molar refractivity (Wildman–Crippen MR) is 114 cm³/mol. The van der Waals surface area contributed by atoms with Gasteiger partial charge in [-0.1, -0.05) is 23.2 Å².